The topological polar surface area (TPSA) is 76.1 Å². The molecular weight excluding hydrogens is 367 g/mol. The lowest BCUT2D eigenvalue weighted by Crippen LogP contribution is -2.39. The summed E-state index contributed by atoms with van der Waals surface area (Å²) in [5.74, 6) is 0.0233. The molecule has 0 aliphatic carbocycles. The van der Waals surface area contributed by atoms with Gasteiger partial charge in [-0.2, -0.15) is 0 Å². The van der Waals surface area contributed by atoms with Crippen LogP contribution in [0.2, 0.25) is 0 Å². The Morgan fingerprint density at radius 3 is 2.78 bits per heavy atom. The van der Waals surface area contributed by atoms with Crippen molar-refractivity contribution in [3.63, 3.8) is 0 Å². The number of pyridine rings is 1. The van der Waals surface area contributed by atoms with Gasteiger partial charge in [-0.1, -0.05) is 6.42 Å². The summed E-state index contributed by atoms with van der Waals surface area (Å²) < 4.78 is 24.5. The molecule has 2 heterocycles. The molecule has 2 rings (SSSR count). The van der Waals surface area contributed by atoms with E-state index in [4.69, 9.17) is 0 Å². The van der Waals surface area contributed by atoms with E-state index in [1.807, 2.05) is 0 Å². The number of halogens is 1. The molecule has 1 aromatic rings. The number of hydrogen-bond donors (Lipinski definition) is 1. The van der Waals surface area contributed by atoms with Gasteiger partial charge in [0.15, 0.2) is 9.84 Å². The number of nitrogens with zero attached hydrogens (tertiary/aromatic N) is 1. The van der Waals surface area contributed by atoms with Crippen molar-refractivity contribution >= 4 is 44.2 Å². The van der Waals surface area contributed by atoms with Gasteiger partial charge in [-0.3, -0.25) is 4.79 Å². The van der Waals surface area contributed by atoms with Gasteiger partial charge in [-0.05, 0) is 47.6 Å². The quantitative estimate of drug-likeness (QED) is 0.791. The molecule has 0 saturated carbocycles. The van der Waals surface area contributed by atoms with Crippen molar-refractivity contribution in [3.05, 3.63) is 21.9 Å². The molecule has 0 aromatic carbocycles. The van der Waals surface area contributed by atoms with Crippen LogP contribution < -0.4 is 5.32 Å². The van der Waals surface area contributed by atoms with E-state index in [-0.39, 0.29) is 5.75 Å². The molecule has 1 atom stereocenters. The Morgan fingerprint density at radius 2 is 2.17 bits per heavy atom. The van der Waals surface area contributed by atoms with E-state index in [1.165, 1.54) is 0 Å². The molecule has 1 unspecified atom stereocenters. The zero-order chi connectivity index (χ0) is 13.2. The van der Waals surface area contributed by atoms with Gasteiger partial charge in [0.2, 0.25) is 5.91 Å². The summed E-state index contributed by atoms with van der Waals surface area (Å²) in [5, 5.41) is 1.64. The summed E-state index contributed by atoms with van der Waals surface area (Å²) in [7, 11) is -3.29. The highest BCUT2D eigenvalue weighted by molar-refractivity contribution is 14.1. The molecule has 1 aliphatic rings. The number of sulfone groups is 1. The van der Waals surface area contributed by atoms with Crippen LogP contribution in [-0.4, -0.2) is 30.3 Å². The van der Waals surface area contributed by atoms with Gasteiger partial charge in [0.05, 0.1) is 5.75 Å². The van der Waals surface area contributed by atoms with E-state index in [0.29, 0.717) is 18.7 Å². The fraction of sp³-hybridized carbons (Fsp3) is 0.455. The number of anilines is 1. The largest absolute Gasteiger partial charge is 0.310 e. The Balaban J connectivity index is 2.10. The number of rotatable bonds is 2. The average molecular weight is 380 g/mol. The highest BCUT2D eigenvalue weighted by atomic mass is 127. The van der Waals surface area contributed by atoms with Crippen molar-refractivity contribution in [3.8, 4) is 0 Å². The molecule has 1 amide bonds. The fourth-order valence-electron chi connectivity index (χ4n) is 1.91. The van der Waals surface area contributed by atoms with E-state index >= 15 is 0 Å². The molecule has 1 aromatic heterocycles. The van der Waals surface area contributed by atoms with E-state index < -0.39 is 21.0 Å². The second-order valence-corrected chi connectivity index (χ2v) is 7.75. The maximum Gasteiger partial charge on any atom is 0.243 e. The number of aromatic nitrogens is 1. The van der Waals surface area contributed by atoms with Gasteiger partial charge in [-0.25, -0.2) is 13.4 Å². The summed E-state index contributed by atoms with van der Waals surface area (Å²) in [5.41, 5.74) is 0. The molecular formula is C11H13IN2O3S. The monoisotopic (exact) mass is 380 g/mol. The van der Waals surface area contributed by atoms with Crippen LogP contribution in [-0.2, 0) is 14.6 Å². The van der Waals surface area contributed by atoms with Crippen molar-refractivity contribution in [1.82, 2.24) is 4.98 Å². The average Bonchev–Trinajstić information content (AvgIpc) is 2.31. The zero-order valence-corrected chi connectivity index (χ0v) is 12.6. The van der Waals surface area contributed by atoms with Crippen LogP contribution in [0.1, 0.15) is 19.3 Å². The Labute approximate surface area is 119 Å². The lowest BCUT2D eigenvalue weighted by molar-refractivity contribution is -0.116. The summed E-state index contributed by atoms with van der Waals surface area (Å²) in [6.45, 7) is 0. The number of carbonyl (C=O) groups excluding carboxylic acids is 1. The first kappa shape index (κ1) is 13.7. The number of amides is 1. The predicted molar refractivity (Wildman–Crippen MR) is 77.0 cm³/mol. The van der Waals surface area contributed by atoms with Crippen molar-refractivity contribution in [1.29, 1.82) is 0 Å². The standard InChI is InChI=1S/C11H13IN2O3S/c12-8-4-5-10(13-7-8)14-11(15)9-3-1-2-6-18(9,16)17/h4-5,7,9H,1-3,6H2,(H,13,14,15). The van der Waals surface area contributed by atoms with Gasteiger partial charge in [0.25, 0.3) is 0 Å². The SMILES string of the molecule is O=C(Nc1ccc(I)cn1)C1CCCCS1(=O)=O. The third-order valence-corrected chi connectivity index (χ3v) is 5.66. The molecule has 1 fully saturated rings. The minimum Gasteiger partial charge on any atom is -0.310 e. The first-order valence-electron chi connectivity index (χ1n) is 5.63. The second kappa shape index (κ2) is 5.52. The first-order chi connectivity index (χ1) is 8.49. The summed E-state index contributed by atoms with van der Waals surface area (Å²) in [4.78, 5) is 16.0. The minimum absolute atomic E-state index is 0.102. The Hall–Kier alpha value is -0.700. The lowest BCUT2D eigenvalue weighted by atomic mass is 10.2. The normalized spacial score (nSPS) is 22.4. The van der Waals surface area contributed by atoms with E-state index in [1.54, 1.807) is 18.3 Å². The van der Waals surface area contributed by atoms with Crippen molar-refractivity contribution in [2.45, 2.75) is 24.5 Å². The third-order valence-electron chi connectivity index (χ3n) is 2.85. The van der Waals surface area contributed by atoms with Gasteiger partial charge >= 0.3 is 0 Å². The third kappa shape index (κ3) is 3.19. The Bertz CT molecular complexity index is 542. The summed E-state index contributed by atoms with van der Waals surface area (Å²) in [6, 6.07) is 3.47. The van der Waals surface area contributed by atoms with Crippen LogP contribution in [0.5, 0.6) is 0 Å². The molecule has 0 bridgehead atoms. The maximum atomic E-state index is 11.9. The smallest absolute Gasteiger partial charge is 0.243 e. The first-order valence-corrected chi connectivity index (χ1v) is 8.42. The molecule has 0 spiro atoms. The van der Waals surface area contributed by atoms with E-state index in [2.05, 4.69) is 32.9 Å². The second-order valence-electron chi connectivity index (χ2n) is 4.20. The zero-order valence-electron chi connectivity index (χ0n) is 9.60. The number of carbonyl (C=O) groups is 1. The van der Waals surface area contributed by atoms with E-state index in [9.17, 15) is 13.2 Å². The summed E-state index contributed by atoms with van der Waals surface area (Å²) in [6.07, 6.45) is 3.44. The predicted octanol–water partition coefficient (Wildman–Crippen LogP) is 1.59. The lowest BCUT2D eigenvalue weighted by Gasteiger charge is -2.21. The Kier molecular flexibility index (Phi) is 4.21. The number of hydrogen-bond acceptors (Lipinski definition) is 4. The van der Waals surface area contributed by atoms with Gasteiger partial charge in [0.1, 0.15) is 11.1 Å². The molecule has 5 nitrogen and oxygen atoms in total. The molecule has 7 heteroatoms. The Morgan fingerprint density at radius 1 is 1.39 bits per heavy atom. The molecule has 1 aliphatic heterocycles. The van der Waals surface area contributed by atoms with Crippen LogP contribution >= 0.6 is 22.6 Å². The van der Waals surface area contributed by atoms with E-state index in [0.717, 1.165) is 9.99 Å². The van der Waals surface area contributed by atoms with Crippen LogP contribution in [0.15, 0.2) is 18.3 Å². The highest BCUT2D eigenvalue weighted by Crippen LogP contribution is 2.20. The summed E-state index contributed by atoms with van der Waals surface area (Å²) >= 11 is 2.11. The van der Waals surface area contributed by atoms with Crippen molar-refractivity contribution < 1.29 is 13.2 Å². The maximum absolute atomic E-state index is 11.9. The van der Waals surface area contributed by atoms with Crippen LogP contribution in [0, 0.1) is 3.57 Å². The van der Waals surface area contributed by atoms with Crippen molar-refractivity contribution in [2.75, 3.05) is 11.1 Å². The molecule has 18 heavy (non-hydrogen) atoms. The van der Waals surface area contributed by atoms with Gasteiger partial charge < -0.3 is 5.32 Å². The molecule has 0 radical (unpaired) electrons. The molecule has 1 saturated heterocycles. The molecule has 98 valence electrons. The van der Waals surface area contributed by atoms with Crippen LogP contribution in [0.25, 0.3) is 0 Å². The highest BCUT2D eigenvalue weighted by Gasteiger charge is 2.34. The van der Waals surface area contributed by atoms with Crippen LogP contribution in [0.3, 0.4) is 0 Å². The number of nitrogens with one attached hydrogen (secondary N) is 1. The fourth-order valence-corrected chi connectivity index (χ4v) is 4.03. The van der Waals surface area contributed by atoms with Gasteiger partial charge in [0, 0.05) is 9.77 Å². The molecule has 1 N–H and O–H groups in total. The van der Waals surface area contributed by atoms with Crippen molar-refractivity contribution in [2.24, 2.45) is 0 Å². The van der Waals surface area contributed by atoms with Crippen LogP contribution in [0.4, 0.5) is 5.82 Å². The van der Waals surface area contributed by atoms with Gasteiger partial charge in [-0.15, -0.1) is 0 Å². The minimum atomic E-state index is -3.29.